The van der Waals surface area contributed by atoms with Crippen molar-refractivity contribution in [3.63, 3.8) is 0 Å². The zero-order chi connectivity index (χ0) is 20.4. The summed E-state index contributed by atoms with van der Waals surface area (Å²) in [4.78, 5) is 23.9. The number of benzene rings is 2. The molecule has 1 unspecified atom stereocenters. The number of esters is 1. The molecule has 0 radical (unpaired) electrons. The Bertz CT molecular complexity index is 997. The molecular formula is C16H13ClF2N2O5S. The molecule has 1 amide bonds. The number of hydrogen-bond acceptors (Lipinski definition) is 5. The van der Waals surface area contributed by atoms with Crippen LogP contribution in [0.3, 0.4) is 0 Å². The van der Waals surface area contributed by atoms with Gasteiger partial charge in [-0.05, 0) is 43.3 Å². The molecule has 1 atom stereocenters. The Balaban J connectivity index is 2.05. The predicted molar refractivity (Wildman–Crippen MR) is 92.7 cm³/mol. The fraction of sp³-hybridized carbons (Fsp3) is 0.125. The molecule has 7 nitrogen and oxygen atoms in total. The number of nitrogens with one attached hydrogen (secondary N) is 1. The van der Waals surface area contributed by atoms with Gasteiger partial charge in [-0.2, -0.15) is 0 Å². The summed E-state index contributed by atoms with van der Waals surface area (Å²) in [5, 5.41) is 6.99. The minimum absolute atomic E-state index is 0.145. The van der Waals surface area contributed by atoms with Crippen molar-refractivity contribution in [1.29, 1.82) is 0 Å². The first-order valence-electron chi connectivity index (χ1n) is 7.28. The van der Waals surface area contributed by atoms with Crippen LogP contribution in [0, 0.1) is 11.6 Å². The highest BCUT2D eigenvalue weighted by molar-refractivity contribution is 7.89. The lowest BCUT2D eigenvalue weighted by molar-refractivity contribution is -0.123. The van der Waals surface area contributed by atoms with Gasteiger partial charge in [0.2, 0.25) is 10.0 Å². The smallest absolute Gasteiger partial charge is 0.340 e. The van der Waals surface area contributed by atoms with Crippen LogP contribution >= 0.6 is 11.6 Å². The van der Waals surface area contributed by atoms with Crippen LogP contribution in [0.5, 0.6) is 0 Å². The number of primary sulfonamides is 1. The summed E-state index contributed by atoms with van der Waals surface area (Å²) in [7, 11) is -3.87. The van der Waals surface area contributed by atoms with Crippen molar-refractivity contribution < 1.29 is 31.5 Å². The van der Waals surface area contributed by atoms with Crippen LogP contribution in [0.15, 0.2) is 41.3 Å². The van der Waals surface area contributed by atoms with E-state index >= 15 is 0 Å². The maximum absolute atomic E-state index is 13.2. The summed E-state index contributed by atoms with van der Waals surface area (Å²) in [5.74, 6) is -4.39. The molecule has 0 heterocycles. The van der Waals surface area contributed by atoms with E-state index in [1.807, 2.05) is 0 Å². The van der Waals surface area contributed by atoms with Crippen LogP contribution in [-0.2, 0) is 19.6 Å². The van der Waals surface area contributed by atoms with Crippen molar-refractivity contribution in [3.05, 3.63) is 58.6 Å². The third kappa shape index (κ3) is 5.22. The van der Waals surface area contributed by atoms with Gasteiger partial charge < -0.3 is 10.1 Å². The molecule has 3 N–H and O–H groups in total. The van der Waals surface area contributed by atoms with Gasteiger partial charge in [-0.25, -0.2) is 27.1 Å². The number of carbonyl (C=O) groups excluding carboxylic acids is 2. The molecule has 2 aromatic carbocycles. The number of anilines is 1. The normalized spacial score (nSPS) is 12.3. The van der Waals surface area contributed by atoms with Crippen molar-refractivity contribution in [3.8, 4) is 0 Å². The molecule has 0 aliphatic heterocycles. The van der Waals surface area contributed by atoms with Gasteiger partial charge in [0, 0.05) is 5.69 Å². The van der Waals surface area contributed by atoms with Crippen LogP contribution in [0.4, 0.5) is 14.5 Å². The number of hydrogen-bond donors (Lipinski definition) is 2. The quantitative estimate of drug-likeness (QED) is 0.571. The molecule has 0 aromatic heterocycles. The molecule has 2 rings (SSSR count). The summed E-state index contributed by atoms with van der Waals surface area (Å²) in [5.41, 5.74) is -0.214. The lowest BCUT2D eigenvalue weighted by Crippen LogP contribution is -2.30. The van der Waals surface area contributed by atoms with E-state index in [1.165, 1.54) is 31.2 Å². The van der Waals surface area contributed by atoms with Crippen molar-refractivity contribution in [1.82, 2.24) is 0 Å². The van der Waals surface area contributed by atoms with Gasteiger partial charge >= 0.3 is 5.97 Å². The van der Waals surface area contributed by atoms with E-state index in [0.29, 0.717) is 12.1 Å². The van der Waals surface area contributed by atoms with E-state index in [0.717, 1.165) is 0 Å². The number of halogens is 3. The van der Waals surface area contributed by atoms with Gasteiger partial charge in [0.1, 0.15) is 0 Å². The van der Waals surface area contributed by atoms with E-state index < -0.39 is 45.2 Å². The highest BCUT2D eigenvalue weighted by atomic mass is 35.5. The summed E-state index contributed by atoms with van der Waals surface area (Å²) < 4.78 is 53.5. The second-order valence-corrected chi connectivity index (χ2v) is 7.32. The number of amides is 1. The zero-order valence-corrected chi connectivity index (χ0v) is 15.3. The molecule has 0 spiro atoms. The molecule has 0 saturated carbocycles. The first-order valence-corrected chi connectivity index (χ1v) is 9.20. The molecule has 27 heavy (non-hydrogen) atoms. The number of sulfonamides is 1. The van der Waals surface area contributed by atoms with Crippen molar-refractivity contribution in [2.45, 2.75) is 17.9 Å². The van der Waals surface area contributed by atoms with Gasteiger partial charge in [0.25, 0.3) is 5.91 Å². The second-order valence-electron chi connectivity index (χ2n) is 5.35. The third-order valence-electron chi connectivity index (χ3n) is 3.33. The Morgan fingerprint density at radius 2 is 1.70 bits per heavy atom. The Labute approximate surface area is 158 Å². The largest absolute Gasteiger partial charge is 0.449 e. The van der Waals surface area contributed by atoms with E-state index in [9.17, 15) is 26.8 Å². The first-order chi connectivity index (χ1) is 12.5. The predicted octanol–water partition coefficient (Wildman–Crippen LogP) is 2.45. The van der Waals surface area contributed by atoms with Crippen LogP contribution in [0.25, 0.3) is 0 Å². The SMILES string of the molecule is CC(OC(=O)c1cc(F)c(F)cc1Cl)C(=O)Nc1ccc(S(N)(=O)=O)cc1. The minimum atomic E-state index is -3.87. The molecule has 0 aliphatic rings. The Kier molecular flexibility index (Phi) is 6.14. The molecule has 2 aromatic rings. The van der Waals surface area contributed by atoms with Gasteiger partial charge in [-0.1, -0.05) is 11.6 Å². The van der Waals surface area contributed by atoms with Crippen molar-refractivity contribution >= 4 is 39.2 Å². The van der Waals surface area contributed by atoms with Crippen molar-refractivity contribution in [2.24, 2.45) is 5.14 Å². The lowest BCUT2D eigenvalue weighted by atomic mass is 10.2. The average Bonchev–Trinajstić information content (AvgIpc) is 2.57. The number of carbonyl (C=O) groups is 2. The number of ether oxygens (including phenoxy) is 1. The van der Waals surface area contributed by atoms with E-state index in [4.69, 9.17) is 21.5 Å². The Morgan fingerprint density at radius 1 is 1.15 bits per heavy atom. The standard InChI is InChI=1S/C16H13ClF2N2O5S/c1-8(26-16(23)11-6-13(18)14(19)7-12(11)17)15(22)21-9-2-4-10(5-3-9)27(20,24)25/h2-8H,1H3,(H,21,22)(H2,20,24,25). The molecular weight excluding hydrogens is 406 g/mol. The Hall–Kier alpha value is -2.56. The maximum Gasteiger partial charge on any atom is 0.340 e. The zero-order valence-electron chi connectivity index (χ0n) is 13.7. The summed E-state index contributed by atoms with van der Waals surface area (Å²) in [6.45, 7) is 1.25. The highest BCUT2D eigenvalue weighted by Crippen LogP contribution is 2.21. The monoisotopic (exact) mass is 418 g/mol. The lowest BCUT2D eigenvalue weighted by Gasteiger charge is -2.14. The second kappa shape index (κ2) is 7.99. The average molecular weight is 419 g/mol. The van der Waals surface area contributed by atoms with Gasteiger partial charge in [0.05, 0.1) is 15.5 Å². The van der Waals surface area contributed by atoms with Crippen LogP contribution in [0.1, 0.15) is 17.3 Å². The highest BCUT2D eigenvalue weighted by Gasteiger charge is 2.22. The fourth-order valence-corrected chi connectivity index (χ4v) is 2.67. The fourth-order valence-electron chi connectivity index (χ4n) is 1.93. The minimum Gasteiger partial charge on any atom is -0.449 e. The van der Waals surface area contributed by atoms with Crippen LogP contribution in [-0.4, -0.2) is 26.4 Å². The third-order valence-corrected chi connectivity index (χ3v) is 4.58. The molecule has 0 fully saturated rings. The molecule has 0 bridgehead atoms. The summed E-state index contributed by atoms with van der Waals surface area (Å²) in [6.07, 6.45) is -1.31. The molecule has 144 valence electrons. The van der Waals surface area contributed by atoms with Gasteiger partial charge in [-0.15, -0.1) is 0 Å². The summed E-state index contributed by atoms with van der Waals surface area (Å²) >= 11 is 5.67. The topological polar surface area (TPSA) is 116 Å². The molecule has 0 aliphatic carbocycles. The van der Waals surface area contributed by atoms with Gasteiger partial charge in [0.15, 0.2) is 17.7 Å². The van der Waals surface area contributed by atoms with E-state index in [2.05, 4.69) is 5.32 Å². The van der Waals surface area contributed by atoms with Crippen LogP contribution < -0.4 is 10.5 Å². The number of nitrogens with two attached hydrogens (primary N) is 1. The summed E-state index contributed by atoms with van der Waals surface area (Å²) in [6, 6.07) is 6.13. The van der Waals surface area contributed by atoms with E-state index in [1.54, 1.807) is 0 Å². The van der Waals surface area contributed by atoms with E-state index in [-0.39, 0.29) is 15.6 Å². The van der Waals surface area contributed by atoms with Crippen LogP contribution in [0.2, 0.25) is 5.02 Å². The number of rotatable bonds is 5. The maximum atomic E-state index is 13.2. The van der Waals surface area contributed by atoms with Gasteiger partial charge in [-0.3, -0.25) is 4.79 Å². The Morgan fingerprint density at radius 3 is 2.26 bits per heavy atom. The van der Waals surface area contributed by atoms with Crippen molar-refractivity contribution in [2.75, 3.05) is 5.32 Å². The first kappa shape index (κ1) is 20.7. The molecule has 11 heteroatoms. The molecule has 0 saturated heterocycles.